The predicted octanol–water partition coefficient (Wildman–Crippen LogP) is 2.52. The molecule has 0 heterocycles. The molecule has 5 heteroatoms. The molecular formula is C10H10F2INO. The van der Waals surface area contributed by atoms with E-state index in [9.17, 15) is 13.6 Å². The second kappa shape index (κ2) is 5.99. The first-order valence-electron chi connectivity index (χ1n) is 4.45. The third-order valence-electron chi connectivity index (χ3n) is 1.79. The minimum atomic E-state index is -1.09. The first kappa shape index (κ1) is 12.4. The van der Waals surface area contributed by atoms with Gasteiger partial charge in [0.25, 0.3) is 5.91 Å². The molecule has 0 saturated heterocycles. The fourth-order valence-corrected chi connectivity index (χ4v) is 1.42. The Morgan fingerprint density at radius 3 is 2.80 bits per heavy atom. The summed E-state index contributed by atoms with van der Waals surface area (Å²) in [6.45, 7) is 0.470. The molecule has 0 saturated carbocycles. The van der Waals surface area contributed by atoms with Crippen molar-refractivity contribution in [3.8, 4) is 0 Å². The van der Waals surface area contributed by atoms with Crippen molar-refractivity contribution in [2.75, 3.05) is 11.0 Å². The van der Waals surface area contributed by atoms with Gasteiger partial charge in [-0.25, -0.2) is 8.78 Å². The van der Waals surface area contributed by atoms with Crippen LogP contribution in [0.5, 0.6) is 0 Å². The van der Waals surface area contributed by atoms with Crippen LogP contribution in [0.2, 0.25) is 0 Å². The van der Waals surface area contributed by atoms with Gasteiger partial charge in [0.05, 0.1) is 5.56 Å². The molecule has 1 aromatic rings. The minimum absolute atomic E-state index is 0.247. The van der Waals surface area contributed by atoms with Crippen molar-refractivity contribution in [1.29, 1.82) is 0 Å². The third kappa shape index (κ3) is 3.40. The molecule has 0 spiro atoms. The zero-order valence-corrected chi connectivity index (χ0v) is 10.1. The number of rotatable bonds is 4. The van der Waals surface area contributed by atoms with Crippen LogP contribution >= 0.6 is 22.6 Å². The smallest absolute Gasteiger partial charge is 0.254 e. The maximum Gasteiger partial charge on any atom is 0.254 e. The van der Waals surface area contributed by atoms with Gasteiger partial charge in [0.1, 0.15) is 0 Å². The molecule has 0 fully saturated rings. The van der Waals surface area contributed by atoms with Gasteiger partial charge in [-0.05, 0) is 18.6 Å². The second-order valence-corrected chi connectivity index (χ2v) is 3.98. The van der Waals surface area contributed by atoms with E-state index < -0.39 is 17.5 Å². The van der Waals surface area contributed by atoms with Gasteiger partial charge >= 0.3 is 0 Å². The molecule has 1 N–H and O–H groups in total. The highest BCUT2D eigenvalue weighted by molar-refractivity contribution is 14.1. The molecule has 0 atom stereocenters. The number of nitrogens with one attached hydrogen (secondary N) is 1. The van der Waals surface area contributed by atoms with Gasteiger partial charge in [0.2, 0.25) is 0 Å². The molecule has 0 aromatic heterocycles. The maximum atomic E-state index is 13.1. The highest BCUT2D eigenvalue weighted by atomic mass is 127. The Hall–Kier alpha value is -0.720. The van der Waals surface area contributed by atoms with E-state index in [-0.39, 0.29) is 5.56 Å². The first-order chi connectivity index (χ1) is 7.16. The highest BCUT2D eigenvalue weighted by Gasteiger charge is 2.13. The van der Waals surface area contributed by atoms with E-state index in [2.05, 4.69) is 27.9 Å². The highest BCUT2D eigenvalue weighted by Crippen LogP contribution is 2.10. The van der Waals surface area contributed by atoms with Crippen LogP contribution in [0, 0.1) is 11.6 Å². The van der Waals surface area contributed by atoms with Gasteiger partial charge < -0.3 is 5.32 Å². The van der Waals surface area contributed by atoms with Crippen LogP contribution in [-0.2, 0) is 0 Å². The van der Waals surface area contributed by atoms with Crippen LogP contribution in [0.25, 0.3) is 0 Å². The van der Waals surface area contributed by atoms with Crippen LogP contribution in [0.15, 0.2) is 18.2 Å². The number of amides is 1. The Labute approximate surface area is 100 Å². The van der Waals surface area contributed by atoms with Crippen LogP contribution < -0.4 is 5.32 Å². The second-order valence-electron chi connectivity index (χ2n) is 2.90. The molecule has 0 bridgehead atoms. The third-order valence-corrected chi connectivity index (χ3v) is 2.55. The average molecular weight is 325 g/mol. The molecule has 1 aromatic carbocycles. The summed E-state index contributed by atoms with van der Waals surface area (Å²) in [5, 5.41) is 2.52. The number of benzene rings is 1. The van der Waals surface area contributed by atoms with Gasteiger partial charge in [-0.3, -0.25) is 4.79 Å². The molecule has 0 radical (unpaired) electrons. The standard InChI is InChI=1S/C10H10F2INO/c11-8-4-1-3-7(9(8)12)10(15)14-6-2-5-13/h1,3-4H,2,5-6H2,(H,14,15). The molecule has 1 amide bonds. The quantitative estimate of drug-likeness (QED) is 0.514. The van der Waals surface area contributed by atoms with E-state index in [0.29, 0.717) is 6.54 Å². The molecule has 0 aliphatic heterocycles. The monoisotopic (exact) mass is 325 g/mol. The molecule has 0 aliphatic carbocycles. The van der Waals surface area contributed by atoms with Crippen LogP contribution in [0.1, 0.15) is 16.8 Å². The lowest BCUT2D eigenvalue weighted by atomic mass is 10.2. The molecule has 0 aliphatic rings. The summed E-state index contributed by atoms with van der Waals surface area (Å²) in [6, 6.07) is 3.56. The van der Waals surface area contributed by atoms with E-state index >= 15 is 0 Å². The normalized spacial score (nSPS) is 10.1. The minimum Gasteiger partial charge on any atom is -0.352 e. The number of alkyl halides is 1. The van der Waals surface area contributed by atoms with Crippen molar-refractivity contribution in [1.82, 2.24) is 5.32 Å². The Kier molecular flexibility index (Phi) is 4.93. The van der Waals surface area contributed by atoms with E-state index in [1.807, 2.05) is 0 Å². The largest absolute Gasteiger partial charge is 0.352 e. The molecule has 0 unspecified atom stereocenters. The Balaban J connectivity index is 2.69. The van der Waals surface area contributed by atoms with Crippen LogP contribution in [0.4, 0.5) is 8.78 Å². The lowest BCUT2D eigenvalue weighted by molar-refractivity contribution is 0.0949. The lowest BCUT2D eigenvalue weighted by Crippen LogP contribution is -2.25. The number of hydrogen-bond acceptors (Lipinski definition) is 1. The van der Waals surface area contributed by atoms with Crippen molar-refractivity contribution in [3.63, 3.8) is 0 Å². The summed E-state index contributed by atoms with van der Waals surface area (Å²) in [5.74, 6) is -2.67. The summed E-state index contributed by atoms with van der Waals surface area (Å²) in [6.07, 6.45) is 0.809. The fraction of sp³-hybridized carbons (Fsp3) is 0.300. The van der Waals surface area contributed by atoms with Crippen molar-refractivity contribution in [3.05, 3.63) is 35.4 Å². The van der Waals surface area contributed by atoms with Gasteiger partial charge in [-0.15, -0.1) is 0 Å². The molecule has 2 nitrogen and oxygen atoms in total. The molecule has 1 rings (SSSR count). The van der Waals surface area contributed by atoms with E-state index in [1.54, 1.807) is 0 Å². The maximum absolute atomic E-state index is 13.1. The predicted molar refractivity (Wildman–Crippen MR) is 62.2 cm³/mol. The average Bonchev–Trinajstić information content (AvgIpc) is 2.22. The van der Waals surface area contributed by atoms with Gasteiger partial charge in [-0.2, -0.15) is 0 Å². The first-order valence-corrected chi connectivity index (χ1v) is 5.97. The Morgan fingerprint density at radius 1 is 1.40 bits per heavy atom. The van der Waals surface area contributed by atoms with Crippen molar-refractivity contribution in [2.45, 2.75) is 6.42 Å². The SMILES string of the molecule is O=C(NCCCI)c1cccc(F)c1F. The zero-order chi connectivity index (χ0) is 11.3. The number of carbonyl (C=O) groups is 1. The van der Waals surface area contributed by atoms with E-state index in [1.165, 1.54) is 12.1 Å². The Bertz CT molecular complexity index is 357. The number of carbonyl (C=O) groups excluding carboxylic acids is 1. The van der Waals surface area contributed by atoms with Gasteiger partial charge in [0.15, 0.2) is 11.6 Å². The zero-order valence-electron chi connectivity index (χ0n) is 7.90. The van der Waals surface area contributed by atoms with Crippen molar-refractivity contribution >= 4 is 28.5 Å². The molecular weight excluding hydrogens is 315 g/mol. The van der Waals surface area contributed by atoms with E-state index in [4.69, 9.17) is 0 Å². The van der Waals surface area contributed by atoms with Crippen LogP contribution in [-0.4, -0.2) is 16.9 Å². The summed E-state index contributed by atoms with van der Waals surface area (Å²) in [5.41, 5.74) is -0.247. The van der Waals surface area contributed by atoms with Gasteiger partial charge in [0, 0.05) is 11.0 Å². The fourth-order valence-electron chi connectivity index (χ4n) is 1.04. The van der Waals surface area contributed by atoms with E-state index in [0.717, 1.165) is 16.9 Å². The number of hydrogen-bond donors (Lipinski definition) is 1. The van der Waals surface area contributed by atoms with Gasteiger partial charge in [-0.1, -0.05) is 28.7 Å². The molecule has 15 heavy (non-hydrogen) atoms. The summed E-state index contributed by atoms with van der Waals surface area (Å²) >= 11 is 2.18. The summed E-state index contributed by atoms with van der Waals surface area (Å²) in [7, 11) is 0. The lowest BCUT2D eigenvalue weighted by Gasteiger charge is -2.05. The summed E-state index contributed by atoms with van der Waals surface area (Å²) < 4.78 is 26.8. The molecule has 82 valence electrons. The van der Waals surface area contributed by atoms with Crippen molar-refractivity contribution < 1.29 is 13.6 Å². The topological polar surface area (TPSA) is 29.1 Å². The van der Waals surface area contributed by atoms with Crippen molar-refractivity contribution in [2.24, 2.45) is 0 Å². The summed E-state index contributed by atoms with van der Waals surface area (Å²) in [4.78, 5) is 11.4. The van der Waals surface area contributed by atoms with Crippen LogP contribution in [0.3, 0.4) is 0 Å². The Morgan fingerprint density at radius 2 is 2.13 bits per heavy atom. The number of halogens is 3.